The van der Waals surface area contributed by atoms with Crippen molar-refractivity contribution in [1.82, 2.24) is 10.4 Å². The first-order valence-electron chi connectivity index (χ1n) is 5.90. The van der Waals surface area contributed by atoms with Crippen molar-refractivity contribution in [3.05, 3.63) is 0 Å². The van der Waals surface area contributed by atoms with Crippen molar-refractivity contribution in [3.63, 3.8) is 0 Å². The molecule has 3 aliphatic rings. The third-order valence-electron chi connectivity index (χ3n) is 4.04. The Labute approximate surface area is 98.0 Å². The Balaban J connectivity index is 1.83. The third kappa shape index (κ3) is 1.69. The molecule has 90 valence electrons. The van der Waals surface area contributed by atoms with Crippen molar-refractivity contribution in [2.75, 3.05) is 13.6 Å². The second-order valence-electron chi connectivity index (χ2n) is 4.97. The third-order valence-corrected chi connectivity index (χ3v) is 4.61. The van der Waals surface area contributed by atoms with E-state index in [1.54, 1.807) is 0 Å². The van der Waals surface area contributed by atoms with Crippen molar-refractivity contribution in [2.24, 2.45) is 16.2 Å². The molecule has 16 heavy (non-hydrogen) atoms. The Bertz CT molecular complexity index is 347. The summed E-state index contributed by atoms with van der Waals surface area (Å²) in [5.74, 6) is 2.20. The number of fused-ring (bicyclic) bond motifs is 1. The predicted octanol–water partition coefficient (Wildman–Crippen LogP) is 0.619. The molecule has 0 aromatic heterocycles. The summed E-state index contributed by atoms with van der Waals surface area (Å²) in [4.78, 5) is 2.32. The number of rotatable bonds is 1. The van der Waals surface area contributed by atoms with Gasteiger partial charge in [0.2, 0.25) is 0 Å². The second kappa shape index (κ2) is 4.09. The lowest BCUT2D eigenvalue weighted by atomic mass is 9.78. The fourth-order valence-electron chi connectivity index (χ4n) is 3.41. The van der Waals surface area contributed by atoms with Gasteiger partial charge in [-0.1, -0.05) is 12.8 Å². The van der Waals surface area contributed by atoms with E-state index < -0.39 is 11.3 Å². The van der Waals surface area contributed by atoms with Gasteiger partial charge < -0.3 is 0 Å². The van der Waals surface area contributed by atoms with Crippen LogP contribution in [0.3, 0.4) is 0 Å². The molecule has 0 bridgehead atoms. The predicted molar refractivity (Wildman–Crippen MR) is 61.7 cm³/mol. The van der Waals surface area contributed by atoms with E-state index in [0.29, 0.717) is 5.92 Å². The quantitative estimate of drug-likeness (QED) is 0.733. The Kier molecular flexibility index (Phi) is 2.73. The van der Waals surface area contributed by atoms with Crippen LogP contribution in [0, 0.1) is 11.8 Å². The summed E-state index contributed by atoms with van der Waals surface area (Å²) in [6, 6.07) is 0.275. The molecule has 0 aromatic carbocycles. The van der Waals surface area contributed by atoms with Gasteiger partial charge in [0, 0.05) is 6.54 Å². The van der Waals surface area contributed by atoms with Gasteiger partial charge in [-0.15, -0.1) is 4.40 Å². The number of likely N-dealkylation sites (tertiary alicyclic amines) is 1. The molecular weight excluding hydrogens is 226 g/mol. The first-order chi connectivity index (χ1) is 7.75. The molecule has 6 heteroatoms. The van der Waals surface area contributed by atoms with E-state index in [2.05, 4.69) is 21.8 Å². The summed E-state index contributed by atoms with van der Waals surface area (Å²) in [7, 11) is 2.12. The van der Waals surface area contributed by atoms with Crippen molar-refractivity contribution in [2.45, 2.75) is 31.7 Å². The molecule has 5 nitrogen and oxygen atoms in total. The maximum Gasteiger partial charge on any atom is 0.309 e. The molecule has 1 saturated heterocycles. The van der Waals surface area contributed by atoms with Crippen LogP contribution in [-0.2, 0) is 15.6 Å². The van der Waals surface area contributed by atoms with Crippen LogP contribution in [0.25, 0.3) is 0 Å². The van der Waals surface area contributed by atoms with Gasteiger partial charge in [-0.05, 0) is 31.7 Å². The maximum atomic E-state index is 11.1. The van der Waals surface area contributed by atoms with E-state index in [9.17, 15) is 4.21 Å². The first-order valence-corrected chi connectivity index (χ1v) is 6.93. The summed E-state index contributed by atoms with van der Waals surface area (Å²) in [6.45, 7) is 1.13. The van der Waals surface area contributed by atoms with Crippen LogP contribution in [0.1, 0.15) is 25.7 Å². The van der Waals surface area contributed by atoms with Crippen molar-refractivity contribution < 1.29 is 8.49 Å². The maximum absolute atomic E-state index is 11.1. The molecule has 2 fully saturated rings. The topological polar surface area (TPSA) is 53.9 Å². The van der Waals surface area contributed by atoms with Crippen LogP contribution in [0.4, 0.5) is 0 Å². The minimum absolute atomic E-state index is 0.275. The molecular formula is C10H17N3O2S. The zero-order valence-electron chi connectivity index (χ0n) is 9.39. The molecule has 1 N–H and O–H groups in total. The lowest BCUT2D eigenvalue weighted by Crippen LogP contribution is -2.43. The summed E-state index contributed by atoms with van der Waals surface area (Å²) >= 11 is -1.53. The van der Waals surface area contributed by atoms with Crippen LogP contribution in [0.5, 0.6) is 0 Å². The van der Waals surface area contributed by atoms with Gasteiger partial charge >= 0.3 is 11.3 Å². The van der Waals surface area contributed by atoms with E-state index in [4.69, 9.17) is 4.28 Å². The lowest BCUT2D eigenvalue weighted by Gasteiger charge is -2.28. The average Bonchev–Trinajstić information content (AvgIpc) is 2.80. The van der Waals surface area contributed by atoms with Crippen LogP contribution in [0.2, 0.25) is 0 Å². The van der Waals surface area contributed by atoms with Crippen LogP contribution in [0.15, 0.2) is 4.40 Å². The van der Waals surface area contributed by atoms with Gasteiger partial charge in [0.25, 0.3) is 0 Å². The van der Waals surface area contributed by atoms with Gasteiger partial charge in [-0.3, -0.25) is 4.90 Å². The highest BCUT2D eigenvalue weighted by molar-refractivity contribution is 7.79. The molecule has 0 amide bonds. The summed E-state index contributed by atoms with van der Waals surface area (Å²) in [5.41, 5.74) is 2.72. The summed E-state index contributed by atoms with van der Waals surface area (Å²) in [6.07, 6.45) is 5.24. The van der Waals surface area contributed by atoms with Gasteiger partial charge in [0.05, 0.1) is 6.04 Å². The van der Waals surface area contributed by atoms with Gasteiger partial charge in [0.1, 0.15) is 0 Å². The standard InChI is InChI=1S/C10H17N3O2S/c1-13-6-7-4-2-3-5-8(7)9(13)10-11-15-16(14)12-10/h7-9H,2-6H2,1H3,(H,11,12)/t7-,8-,9+,16?/m0/s1. The number of hydrogen-bond acceptors (Lipinski definition) is 4. The van der Waals surface area contributed by atoms with Crippen molar-refractivity contribution in [1.29, 1.82) is 0 Å². The monoisotopic (exact) mass is 243 g/mol. The molecule has 1 saturated carbocycles. The van der Waals surface area contributed by atoms with Gasteiger partial charge in [-0.25, -0.2) is 9.69 Å². The van der Waals surface area contributed by atoms with E-state index in [-0.39, 0.29) is 6.04 Å². The normalized spacial score (nSPS) is 43.9. The number of amidine groups is 1. The summed E-state index contributed by atoms with van der Waals surface area (Å²) < 4.78 is 19.9. The molecule has 2 heterocycles. The Morgan fingerprint density at radius 1 is 1.50 bits per heavy atom. The van der Waals surface area contributed by atoms with Crippen molar-refractivity contribution in [3.8, 4) is 0 Å². The number of nitrogens with zero attached hydrogens (tertiary/aromatic N) is 2. The van der Waals surface area contributed by atoms with E-state index in [0.717, 1.165) is 18.3 Å². The SMILES string of the molecule is CN1C[C@@H]2CCCC[C@@H]2[C@@H]1C1=NS(=O)ON1. The fourth-order valence-corrected chi connectivity index (χ4v) is 3.91. The molecule has 2 aliphatic heterocycles. The van der Waals surface area contributed by atoms with Crippen LogP contribution in [-0.4, -0.2) is 34.6 Å². The van der Waals surface area contributed by atoms with E-state index >= 15 is 0 Å². The smallest absolute Gasteiger partial charge is 0.296 e. The largest absolute Gasteiger partial charge is 0.309 e. The molecule has 0 radical (unpaired) electrons. The number of nitrogens with one attached hydrogen (secondary N) is 1. The summed E-state index contributed by atoms with van der Waals surface area (Å²) in [5, 5.41) is 0. The minimum Gasteiger partial charge on any atom is -0.296 e. The number of hydrogen-bond donors (Lipinski definition) is 1. The highest BCUT2D eigenvalue weighted by Crippen LogP contribution is 2.40. The van der Waals surface area contributed by atoms with Crippen LogP contribution < -0.4 is 5.48 Å². The molecule has 1 unspecified atom stereocenters. The van der Waals surface area contributed by atoms with Gasteiger partial charge in [-0.2, -0.15) is 4.28 Å². The molecule has 0 spiro atoms. The van der Waals surface area contributed by atoms with E-state index in [1.807, 2.05) is 0 Å². The van der Waals surface area contributed by atoms with Gasteiger partial charge in [0.15, 0.2) is 5.84 Å². The second-order valence-corrected chi connectivity index (χ2v) is 5.76. The average molecular weight is 243 g/mol. The fraction of sp³-hybridized carbons (Fsp3) is 0.900. The van der Waals surface area contributed by atoms with Crippen molar-refractivity contribution >= 4 is 17.1 Å². The molecule has 3 rings (SSSR count). The van der Waals surface area contributed by atoms with E-state index in [1.165, 1.54) is 25.7 Å². The number of likely N-dealkylation sites (N-methyl/N-ethyl adjacent to an activating group) is 1. The highest BCUT2D eigenvalue weighted by Gasteiger charge is 2.44. The Hall–Kier alpha value is -0.460. The first kappa shape index (κ1) is 10.7. The molecule has 4 atom stereocenters. The number of hydroxylamine groups is 1. The zero-order valence-corrected chi connectivity index (χ0v) is 10.2. The minimum atomic E-state index is -1.53. The zero-order chi connectivity index (χ0) is 11.1. The molecule has 1 aliphatic carbocycles. The van der Waals surface area contributed by atoms with Crippen LogP contribution >= 0.6 is 0 Å². The molecule has 0 aromatic rings. The Morgan fingerprint density at radius 2 is 2.31 bits per heavy atom. The highest BCUT2D eigenvalue weighted by atomic mass is 32.2. The Morgan fingerprint density at radius 3 is 3.06 bits per heavy atom. The lowest BCUT2D eigenvalue weighted by molar-refractivity contribution is 0.255.